The molecule has 0 radical (unpaired) electrons. The fourth-order valence-electron chi connectivity index (χ4n) is 1.48. The second-order valence-electron chi connectivity index (χ2n) is 3.78. The number of thiophene rings is 1. The Kier molecular flexibility index (Phi) is 3.69. The van der Waals surface area contributed by atoms with E-state index in [0.29, 0.717) is 11.2 Å². The average molecular weight is 314 g/mol. The van der Waals surface area contributed by atoms with Crippen molar-refractivity contribution in [2.45, 2.75) is 13.5 Å². The summed E-state index contributed by atoms with van der Waals surface area (Å²) in [6.45, 7) is 2.46. The highest BCUT2D eigenvalue weighted by atomic mass is 79.9. The molecule has 1 amide bonds. The molecular weight excluding hydrogens is 302 g/mol. The lowest BCUT2D eigenvalue weighted by Gasteiger charge is -2.14. The summed E-state index contributed by atoms with van der Waals surface area (Å²) in [4.78, 5) is 15.6. The number of hydrogen-bond donors (Lipinski definition) is 0. The van der Waals surface area contributed by atoms with Crippen LogP contribution >= 0.6 is 27.3 Å². The molecule has 5 heteroatoms. The summed E-state index contributed by atoms with van der Waals surface area (Å²) in [5, 5.41) is 0. The van der Waals surface area contributed by atoms with E-state index in [4.69, 9.17) is 4.42 Å². The zero-order valence-corrected chi connectivity index (χ0v) is 12.0. The summed E-state index contributed by atoms with van der Waals surface area (Å²) < 4.78 is 6.05. The van der Waals surface area contributed by atoms with E-state index < -0.39 is 0 Å². The van der Waals surface area contributed by atoms with E-state index >= 15 is 0 Å². The number of furan rings is 1. The minimum absolute atomic E-state index is 0.0237. The number of hydrogen-bond acceptors (Lipinski definition) is 3. The lowest BCUT2D eigenvalue weighted by molar-refractivity contribution is 0.0780. The van der Waals surface area contributed by atoms with Gasteiger partial charge in [-0.25, -0.2) is 0 Å². The summed E-state index contributed by atoms with van der Waals surface area (Å²) in [5.41, 5.74) is 0. The van der Waals surface area contributed by atoms with Crippen molar-refractivity contribution in [2.24, 2.45) is 0 Å². The van der Waals surface area contributed by atoms with Crippen LogP contribution in [0.2, 0.25) is 0 Å². The molecule has 0 aromatic carbocycles. The molecule has 0 atom stereocenters. The first-order chi connectivity index (χ1) is 8.06. The Bertz CT molecular complexity index is 532. The number of rotatable bonds is 3. The fourth-order valence-corrected chi connectivity index (χ4v) is 2.68. The van der Waals surface area contributed by atoms with Gasteiger partial charge in [-0.15, -0.1) is 11.3 Å². The Morgan fingerprint density at radius 2 is 2.18 bits per heavy atom. The molecule has 0 saturated carbocycles. The molecule has 2 rings (SSSR count). The highest BCUT2D eigenvalue weighted by molar-refractivity contribution is 9.10. The first-order valence-electron chi connectivity index (χ1n) is 5.12. The van der Waals surface area contributed by atoms with Gasteiger partial charge in [-0.2, -0.15) is 0 Å². The molecule has 0 N–H and O–H groups in total. The van der Waals surface area contributed by atoms with Crippen LogP contribution in [-0.2, 0) is 6.54 Å². The monoisotopic (exact) mass is 313 g/mol. The topological polar surface area (TPSA) is 33.5 Å². The summed E-state index contributed by atoms with van der Waals surface area (Å²) in [6, 6.07) is 7.49. The van der Waals surface area contributed by atoms with Crippen molar-refractivity contribution >= 4 is 33.2 Å². The van der Waals surface area contributed by atoms with Crippen LogP contribution in [0.3, 0.4) is 0 Å². The normalized spacial score (nSPS) is 10.5. The van der Waals surface area contributed by atoms with Crippen molar-refractivity contribution in [2.75, 3.05) is 7.05 Å². The van der Waals surface area contributed by atoms with Crippen molar-refractivity contribution < 1.29 is 9.21 Å². The molecular formula is C12H12BrNO2S. The number of carbonyl (C=O) groups is 1. The van der Waals surface area contributed by atoms with Gasteiger partial charge >= 0.3 is 0 Å². The highest BCUT2D eigenvalue weighted by Gasteiger charge is 2.15. The van der Waals surface area contributed by atoms with Crippen LogP contribution in [0.15, 0.2) is 33.4 Å². The maximum Gasteiger partial charge on any atom is 0.264 e. The molecule has 0 bridgehead atoms. The third-order valence-corrected chi connectivity index (χ3v) is 3.73. The first kappa shape index (κ1) is 12.4. The van der Waals surface area contributed by atoms with Crippen LogP contribution < -0.4 is 0 Å². The van der Waals surface area contributed by atoms with Crippen LogP contribution in [0.1, 0.15) is 20.3 Å². The van der Waals surface area contributed by atoms with Crippen molar-refractivity contribution in [3.63, 3.8) is 0 Å². The van der Waals surface area contributed by atoms with E-state index in [1.165, 1.54) is 11.3 Å². The standard InChI is InChI=1S/C12H12BrNO2S/c1-8-3-5-10(17-8)12(15)14(2)7-9-4-6-11(13)16-9/h3-6H,7H2,1-2H3. The number of halogens is 1. The van der Waals surface area contributed by atoms with Crippen molar-refractivity contribution in [3.05, 3.63) is 44.4 Å². The number of amides is 1. The van der Waals surface area contributed by atoms with Crippen LogP contribution in [0, 0.1) is 6.92 Å². The maximum absolute atomic E-state index is 12.1. The summed E-state index contributed by atoms with van der Waals surface area (Å²) in [7, 11) is 1.77. The van der Waals surface area contributed by atoms with Crippen molar-refractivity contribution in [1.29, 1.82) is 0 Å². The van der Waals surface area contributed by atoms with Gasteiger partial charge in [0.15, 0.2) is 4.67 Å². The smallest absolute Gasteiger partial charge is 0.264 e. The molecule has 0 fully saturated rings. The number of nitrogens with zero attached hydrogens (tertiary/aromatic N) is 1. The lowest BCUT2D eigenvalue weighted by Crippen LogP contribution is -2.25. The fraction of sp³-hybridized carbons (Fsp3) is 0.250. The van der Waals surface area contributed by atoms with Gasteiger partial charge < -0.3 is 9.32 Å². The molecule has 2 aromatic rings. The van der Waals surface area contributed by atoms with Gasteiger partial charge in [0.05, 0.1) is 11.4 Å². The van der Waals surface area contributed by atoms with Gasteiger partial charge in [-0.05, 0) is 47.1 Å². The van der Waals surface area contributed by atoms with Gasteiger partial charge in [0, 0.05) is 11.9 Å². The first-order valence-corrected chi connectivity index (χ1v) is 6.73. The maximum atomic E-state index is 12.1. The van der Waals surface area contributed by atoms with Crippen LogP contribution in [0.5, 0.6) is 0 Å². The average Bonchev–Trinajstić information content (AvgIpc) is 2.87. The lowest BCUT2D eigenvalue weighted by atomic mass is 10.3. The van der Waals surface area contributed by atoms with E-state index in [1.807, 2.05) is 31.2 Å². The Labute approximate surface area is 112 Å². The molecule has 0 aliphatic heterocycles. The molecule has 0 aliphatic rings. The molecule has 90 valence electrons. The Morgan fingerprint density at radius 3 is 2.71 bits per heavy atom. The second kappa shape index (κ2) is 5.06. The van der Waals surface area contributed by atoms with Gasteiger partial charge in [-0.1, -0.05) is 0 Å². The molecule has 0 unspecified atom stereocenters. The van der Waals surface area contributed by atoms with Crippen LogP contribution in [0.4, 0.5) is 0 Å². The van der Waals surface area contributed by atoms with E-state index in [9.17, 15) is 4.79 Å². The minimum Gasteiger partial charge on any atom is -0.452 e. The molecule has 3 nitrogen and oxygen atoms in total. The zero-order valence-electron chi connectivity index (χ0n) is 9.57. The Hall–Kier alpha value is -1.07. The molecule has 0 spiro atoms. The third kappa shape index (κ3) is 2.98. The van der Waals surface area contributed by atoms with E-state index in [2.05, 4.69) is 15.9 Å². The quantitative estimate of drug-likeness (QED) is 0.866. The molecule has 2 heterocycles. The number of carbonyl (C=O) groups excluding carboxylic acids is 1. The van der Waals surface area contributed by atoms with Crippen LogP contribution in [-0.4, -0.2) is 17.9 Å². The van der Waals surface area contributed by atoms with Crippen molar-refractivity contribution in [1.82, 2.24) is 4.90 Å². The molecule has 0 aliphatic carbocycles. The number of aryl methyl sites for hydroxylation is 1. The van der Waals surface area contributed by atoms with Gasteiger partial charge in [-0.3, -0.25) is 4.79 Å². The predicted octanol–water partition coefficient (Wildman–Crippen LogP) is 3.68. The van der Waals surface area contributed by atoms with Crippen molar-refractivity contribution in [3.8, 4) is 0 Å². The summed E-state index contributed by atoms with van der Waals surface area (Å²) >= 11 is 4.75. The Morgan fingerprint density at radius 1 is 1.41 bits per heavy atom. The summed E-state index contributed by atoms with van der Waals surface area (Å²) in [6.07, 6.45) is 0. The van der Waals surface area contributed by atoms with E-state index in [1.54, 1.807) is 11.9 Å². The van der Waals surface area contributed by atoms with E-state index in [-0.39, 0.29) is 5.91 Å². The van der Waals surface area contributed by atoms with Gasteiger partial charge in [0.25, 0.3) is 5.91 Å². The van der Waals surface area contributed by atoms with Crippen LogP contribution in [0.25, 0.3) is 0 Å². The Balaban J connectivity index is 2.05. The van der Waals surface area contributed by atoms with E-state index in [0.717, 1.165) is 15.5 Å². The SMILES string of the molecule is Cc1ccc(C(=O)N(C)Cc2ccc(Br)o2)s1. The van der Waals surface area contributed by atoms with Gasteiger partial charge in [0.2, 0.25) is 0 Å². The molecule has 17 heavy (non-hydrogen) atoms. The largest absolute Gasteiger partial charge is 0.452 e. The highest BCUT2D eigenvalue weighted by Crippen LogP contribution is 2.19. The second-order valence-corrected chi connectivity index (χ2v) is 5.85. The minimum atomic E-state index is 0.0237. The third-order valence-electron chi connectivity index (χ3n) is 2.32. The van der Waals surface area contributed by atoms with Gasteiger partial charge in [0.1, 0.15) is 5.76 Å². The molecule has 2 aromatic heterocycles. The summed E-state index contributed by atoms with van der Waals surface area (Å²) in [5.74, 6) is 0.789. The zero-order chi connectivity index (χ0) is 12.4. The molecule has 0 saturated heterocycles. The predicted molar refractivity (Wildman–Crippen MR) is 71.3 cm³/mol.